The summed E-state index contributed by atoms with van der Waals surface area (Å²) in [7, 11) is 0. The van der Waals surface area contributed by atoms with E-state index >= 15 is 0 Å². The first-order valence-corrected chi connectivity index (χ1v) is 7.77. The minimum atomic E-state index is -0.408. The van der Waals surface area contributed by atoms with Gasteiger partial charge in [0.25, 0.3) is 5.91 Å². The summed E-state index contributed by atoms with van der Waals surface area (Å²) in [5, 5.41) is 11.7. The molecule has 1 N–H and O–H groups in total. The van der Waals surface area contributed by atoms with Gasteiger partial charge in [0.05, 0.1) is 12.5 Å². The van der Waals surface area contributed by atoms with E-state index in [9.17, 15) is 9.18 Å². The molecule has 0 unspecified atom stereocenters. The predicted octanol–water partition coefficient (Wildman–Crippen LogP) is 3.26. The van der Waals surface area contributed by atoms with E-state index in [0.29, 0.717) is 25.1 Å². The summed E-state index contributed by atoms with van der Waals surface area (Å²) in [6.45, 7) is 0.902. The van der Waals surface area contributed by atoms with Crippen LogP contribution < -0.4 is 5.32 Å². The first kappa shape index (κ1) is 17.6. The van der Waals surface area contributed by atoms with Crippen LogP contribution in [0.15, 0.2) is 54.6 Å². The standard InChI is InChI=1S/C18H16FN3OS/c19-16-9-7-15(8-10-16)17(23)21-18(24)22(12-4-11-20)13-14-5-2-1-3-6-14/h1-3,5-10H,4,12-13H2,(H,21,23,24). The molecule has 1 amide bonds. The molecular formula is C18H16FN3OS. The third kappa shape index (κ3) is 5.14. The fourth-order valence-corrected chi connectivity index (χ4v) is 2.34. The van der Waals surface area contributed by atoms with E-state index in [-0.39, 0.29) is 5.11 Å². The van der Waals surface area contributed by atoms with Gasteiger partial charge in [0, 0.05) is 18.7 Å². The maximum Gasteiger partial charge on any atom is 0.257 e. The molecule has 2 rings (SSSR count). The first-order valence-electron chi connectivity index (χ1n) is 7.37. The van der Waals surface area contributed by atoms with Gasteiger partial charge in [-0.05, 0) is 42.0 Å². The molecule has 4 nitrogen and oxygen atoms in total. The van der Waals surface area contributed by atoms with Crippen LogP contribution in [0.3, 0.4) is 0 Å². The molecule has 0 aliphatic carbocycles. The Bertz CT molecular complexity index is 741. The zero-order valence-corrected chi connectivity index (χ0v) is 13.7. The van der Waals surface area contributed by atoms with E-state index in [4.69, 9.17) is 17.5 Å². The molecule has 6 heteroatoms. The second-order valence-electron chi connectivity index (χ2n) is 5.08. The van der Waals surface area contributed by atoms with Crippen LogP contribution in [0.1, 0.15) is 22.3 Å². The number of nitrogens with one attached hydrogen (secondary N) is 1. The molecule has 0 saturated carbocycles. The number of carbonyl (C=O) groups excluding carboxylic acids is 1. The molecule has 0 fully saturated rings. The number of nitrogens with zero attached hydrogens (tertiary/aromatic N) is 2. The maximum absolute atomic E-state index is 12.9. The Morgan fingerprint density at radius 3 is 2.46 bits per heavy atom. The molecule has 0 spiro atoms. The lowest BCUT2D eigenvalue weighted by molar-refractivity contribution is 0.0973. The Kier molecular flexibility index (Phi) is 6.41. The minimum absolute atomic E-state index is 0.239. The summed E-state index contributed by atoms with van der Waals surface area (Å²) in [6.07, 6.45) is 0.291. The summed E-state index contributed by atoms with van der Waals surface area (Å²) in [4.78, 5) is 13.9. The second-order valence-corrected chi connectivity index (χ2v) is 5.47. The number of benzene rings is 2. The van der Waals surface area contributed by atoms with Crippen molar-refractivity contribution in [1.82, 2.24) is 10.2 Å². The molecule has 2 aromatic rings. The number of hydrogen-bond acceptors (Lipinski definition) is 3. The zero-order valence-electron chi connectivity index (χ0n) is 12.9. The van der Waals surface area contributed by atoms with Crippen LogP contribution >= 0.6 is 12.2 Å². The molecular weight excluding hydrogens is 325 g/mol. The van der Waals surface area contributed by atoms with Crippen molar-refractivity contribution in [2.24, 2.45) is 0 Å². The van der Waals surface area contributed by atoms with E-state index in [1.165, 1.54) is 24.3 Å². The summed E-state index contributed by atoms with van der Waals surface area (Å²) in [6, 6.07) is 16.9. The molecule has 122 valence electrons. The van der Waals surface area contributed by atoms with Gasteiger partial charge in [0.1, 0.15) is 5.82 Å². The lowest BCUT2D eigenvalue weighted by Gasteiger charge is -2.24. The molecule has 0 heterocycles. The average Bonchev–Trinajstić information content (AvgIpc) is 2.60. The molecule has 0 saturated heterocycles. The highest BCUT2D eigenvalue weighted by Gasteiger charge is 2.14. The minimum Gasteiger partial charge on any atom is -0.344 e. The Morgan fingerprint density at radius 2 is 1.83 bits per heavy atom. The van der Waals surface area contributed by atoms with Gasteiger partial charge < -0.3 is 4.90 Å². The van der Waals surface area contributed by atoms with Gasteiger partial charge in [-0.3, -0.25) is 10.1 Å². The van der Waals surface area contributed by atoms with Gasteiger partial charge >= 0.3 is 0 Å². The van der Waals surface area contributed by atoms with Gasteiger partial charge in [0.2, 0.25) is 0 Å². The molecule has 0 aromatic heterocycles. The van der Waals surface area contributed by atoms with Gasteiger partial charge in [0.15, 0.2) is 5.11 Å². The predicted molar refractivity (Wildman–Crippen MR) is 93.5 cm³/mol. The largest absolute Gasteiger partial charge is 0.344 e. The lowest BCUT2D eigenvalue weighted by atomic mass is 10.2. The van der Waals surface area contributed by atoms with Crippen molar-refractivity contribution < 1.29 is 9.18 Å². The Labute approximate surface area is 145 Å². The normalized spacial score (nSPS) is 9.83. The smallest absolute Gasteiger partial charge is 0.257 e. The lowest BCUT2D eigenvalue weighted by Crippen LogP contribution is -2.42. The van der Waals surface area contributed by atoms with Crippen molar-refractivity contribution in [2.75, 3.05) is 6.54 Å². The highest BCUT2D eigenvalue weighted by Crippen LogP contribution is 2.07. The van der Waals surface area contributed by atoms with Gasteiger partial charge in [-0.2, -0.15) is 5.26 Å². The molecule has 24 heavy (non-hydrogen) atoms. The zero-order chi connectivity index (χ0) is 17.4. The van der Waals surface area contributed by atoms with Crippen molar-refractivity contribution in [2.45, 2.75) is 13.0 Å². The summed E-state index contributed by atoms with van der Waals surface area (Å²) in [5.74, 6) is -0.816. The van der Waals surface area contributed by atoms with Crippen molar-refractivity contribution in [3.05, 3.63) is 71.5 Å². The highest BCUT2D eigenvalue weighted by molar-refractivity contribution is 7.80. The monoisotopic (exact) mass is 341 g/mol. The Morgan fingerprint density at radius 1 is 1.17 bits per heavy atom. The van der Waals surface area contributed by atoms with Crippen LogP contribution in [0.2, 0.25) is 0 Å². The van der Waals surface area contributed by atoms with Crippen LogP contribution in [0, 0.1) is 17.1 Å². The van der Waals surface area contributed by atoms with E-state index in [1.807, 2.05) is 30.3 Å². The number of amides is 1. The van der Waals surface area contributed by atoms with Crippen LogP contribution in [0.25, 0.3) is 0 Å². The summed E-state index contributed by atoms with van der Waals surface area (Å²) in [5.41, 5.74) is 1.34. The maximum atomic E-state index is 12.9. The van der Waals surface area contributed by atoms with Crippen molar-refractivity contribution in [3.63, 3.8) is 0 Å². The SMILES string of the molecule is N#CCCN(Cc1ccccc1)C(=S)NC(=O)c1ccc(F)cc1. The number of hydrogen-bond donors (Lipinski definition) is 1. The van der Waals surface area contributed by atoms with Gasteiger partial charge in [-0.25, -0.2) is 4.39 Å². The number of thiocarbonyl (C=S) groups is 1. The number of rotatable bonds is 5. The Balaban J connectivity index is 2.05. The van der Waals surface area contributed by atoms with E-state index < -0.39 is 11.7 Å². The van der Waals surface area contributed by atoms with Crippen molar-refractivity contribution >= 4 is 23.2 Å². The highest BCUT2D eigenvalue weighted by atomic mass is 32.1. The third-order valence-corrected chi connectivity index (χ3v) is 3.68. The molecule has 0 aliphatic rings. The van der Waals surface area contributed by atoms with Gasteiger partial charge in [-0.1, -0.05) is 30.3 Å². The van der Waals surface area contributed by atoms with Crippen LogP contribution in [0.5, 0.6) is 0 Å². The topological polar surface area (TPSA) is 56.1 Å². The van der Waals surface area contributed by atoms with Crippen molar-refractivity contribution in [3.8, 4) is 6.07 Å². The van der Waals surface area contributed by atoms with E-state index in [0.717, 1.165) is 5.56 Å². The van der Waals surface area contributed by atoms with Crippen LogP contribution in [0.4, 0.5) is 4.39 Å². The quantitative estimate of drug-likeness (QED) is 0.848. The van der Waals surface area contributed by atoms with E-state index in [1.54, 1.807) is 4.90 Å². The van der Waals surface area contributed by atoms with E-state index in [2.05, 4.69) is 11.4 Å². The number of halogens is 1. The molecule has 0 radical (unpaired) electrons. The van der Waals surface area contributed by atoms with Crippen molar-refractivity contribution in [1.29, 1.82) is 5.26 Å². The number of carbonyl (C=O) groups is 1. The van der Waals surface area contributed by atoms with Crippen LogP contribution in [-0.2, 0) is 6.54 Å². The average molecular weight is 341 g/mol. The first-order chi connectivity index (χ1) is 11.6. The van der Waals surface area contributed by atoms with Crippen LogP contribution in [-0.4, -0.2) is 22.5 Å². The second kappa shape index (κ2) is 8.75. The molecule has 0 aliphatic heterocycles. The fourth-order valence-electron chi connectivity index (χ4n) is 2.09. The third-order valence-electron chi connectivity index (χ3n) is 3.32. The van der Waals surface area contributed by atoms with Gasteiger partial charge in [-0.15, -0.1) is 0 Å². The molecule has 0 atom stereocenters. The summed E-state index contributed by atoms with van der Waals surface area (Å²) < 4.78 is 12.9. The Hall–Kier alpha value is -2.78. The number of nitriles is 1. The fraction of sp³-hybridized carbons (Fsp3) is 0.167. The molecule has 2 aromatic carbocycles. The summed E-state index contributed by atoms with van der Waals surface area (Å²) >= 11 is 5.30. The molecule has 0 bridgehead atoms.